The van der Waals surface area contributed by atoms with Crippen molar-refractivity contribution in [2.24, 2.45) is 5.92 Å². The van der Waals surface area contributed by atoms with Crippen LogP contribution in [0.2, 0.25) is 0 Å². The highest BCUT2D eigenvalue weighted by molar-refractivity contribution is 5.79. The number of rotatable bonds is 5. The van der Waals surface area contributed by atoms with E-state index >= 15 is 0 Å². The first-order chi connectivity index (χ1) is 9.20. The molecular formula is C15H22N2O2. The zero-order valence-corrected chi connectivity index (χ0v) is 11.7. The van der Waals surface area contributed by atoms with Crippen molar-refractivity contribution in [3.8, 4) is 5.75 Å². The third kappa shape index (κ3) is 3.70. The second kappa shape index (κ2) is 6.57. The summed E-state index contributed by atoms with van der Waals surface area (Å²) in [5.41, 5.74) is 2.22. The highest BCUT2D eigenvalue weighted by Crippen LogP contribution is 2.19. The van der Waals surface area contributed by atoms with Gasteiger partial charge in [-0.2, -0.15) is 0 Å². The Morgan fingerprint density at radius 3 is 3.00 bits per heavy atom. The van der Waals surface area contributed by atoms with Crippen LogP contribution in [0.25, 0.3) is 0 Å². The molecule has 4 heteroatoms. The maximum Gasteiger partial charge on any atom is 0.224 e. The zero-order valence-electron chi connectivity index (χ0n) is 11.7. The van der Waals surface area contributed by atoms with Gasteiger partial charge in [-0.1, -0.05) is 12.1 Å². The number of aryl methyl sites for hydroxylation is 1. The van der Waals surface area contributed by atoms with Gasteiger partial charge in [0.1, 0.15) is 5.75 Å². The van der Waals surface area contributed by atoms with E-state index in [9.17, 15) is 4.79 Å². The van der Waals surface area contributed by atoms with Crippen LogP contribution in [0.15, 0.2) is 18.2 Å². The second-order valence-electron chi connectivity index (χ2n) is 4.94. The van der Waals surface area contributed by atoms with E-state index in [4.69, 9.17) is 4.74 Å². The normalized spacial score (nSPS) is 18.3. The number of carbonyl (C=O) groups excluding carboxylic acids is 1. The van der Waals surface area contributed by atoms with Crippen LogP contribution in [0, 0.1) is 12.8 Å². The Balaban J connectivity index is 1.88. The molecule has 1 fully saturated rings. The van der Waals surface area contributed by atoms with Crippen molar-refractivity contribution in [2.45, 2.75) is 26.8 Å². The molecule has 1 saturated heterocycles. The molecule has 19 heavy (non-hydrogen) atoms. The number of hydrogen-bond acceptors (Lipinski definition) is 3. The molecule has 0 aromatic heterocycles. The molecule has 4 nitrogen and oxygen atoms in total. The molecule has 1 unspecified atom stereocenters. The molecule has 1 aliphatic rings. The summed E-state index contributed by atoms with van der Waals surface area (Å²) in [6.07, 6.45) is 0.939. The lowest BCUT2D eigenvalue weighted by atomic mass is 10.1. The van der Waals surface area contributed by atoms with Gasteiger partial charge in [-0.05, 0) is 44.0 Å². The molecule has 0 bridgehead atoms. The molecule has 0 radical (unpaired) electrons. The third-order valence-electron chi connectivity index (χ3n) is 3.44. The van der Waals surface area contributed by atoms with Gasteiger partial charge in [0, 0.05) is 13.1 Å². The Kier molecular flexibility index (Phi) is 4.80. The standard InChI is InChI=1S/C15H22N2O2/c1-3-19-14-5-4-12(8-11(14)2)9-17-15(18)13-6-7-16-10-13/h4-5,8,13,16H,3,6-7,9-10H2,1-2H3,(H,17,18). The Hall–Kier alpha value is -1.55. The molecule has 2 N–H and O–H groups in total. The monoisotopic (exact) mass is 262 g/mol. The maximum atomic E-state index is 11.9. The first-order valence-electron chi connectivity index (χ1n) is 6.91. The van der Waals surface area contributed by atoms with Gasteiger partial charge in [0.15, 0.2) is 0 Å². The van der Waals surface area contributed by atoms with Crippen molar-refractivity contribution in [3.63, 3.8) is 0 Å². The fourth-order valence-electron chi connectivity index (χ4n) is 2.35. The van der Waals surface area contributed by atoms with Gasteiger partial charge in [0.05, 0.1) is 12.5 Å². The van der Waals surface area contributed by atoms with Gasteiger partial charge < -0.3 is 15.4 Å². The Morgan fingerprint density at radius 2 is 2.37 bits per heavy atom. The fourth-order valence-corrected chi connectivity index (χ4v) is 2.35. The number of ether oxygens (including phenoxy) is 1. The van der Waals surface area contributed by atoms with Crippen LogP contribution in [-0.2, 0) is 11.3 Å². The summed E-state index contributed by atoms with van der Waals surface area (Å²) in [5, 5.41) is 6.20. The minimum atomic E-state index is 0.129. The van der Waals surface area contributed by atoms with Gasteiger partial charge >= 0.3 is 0 Å². The number of carbonyl (C=O) groups is 1. The molecule has 1 atom stereocenters. The van der Waals surface area contributed by atoms with Crippen LogP contribution in [0.1, 0.15) is 24.5 Å². The SMILES string of the molecule is CCOc1ccc(CNC(=O)C2CCNC2)cc1C. The molecule has 1 heterocycles. The molecule has 1 aromatic carbocycles. The van der Waals surface area contributed by atoms with E-state index in [1.165, 1.54) is 0 Å². The van der Waals surface area contributed by atoms with Gasteiger partial charge in [-0.3, -0.25) is 4.79 Å². The van der Waals surface area contributed by atoms with Crippen molar-refractivity contribution >= 4 is 5.91 Å². The largest absolute Gasteiger partial charge is 0.494 e. The summed E-state index contributed by atoms with van der Waals surface area (Å²) in [5.74, 6) is 1.19. The van der Waals surface area contributed by atoms with Crippen LogP contribution < -0.4 is 15.4 Å². The molecule has 2 rings (SSSR count). The van der Waals surface area contributed by atoms with Crippen LogP contribution in [0.3, 0.4) is 0 Å². The van der Waals surface area contributed by atoms with E-state index in [2.05, 4.69) is 16.7 Å². The number of hydrogen-bond donors (Lipinski definition) is 2. The zero-order chi connectivity index (χ0) is 13.7. The first kappa shape index (κ1) is 13.9. The van der Waals surface area contributed by atoms with E-state index in [1.807, 2.05) is 26.0 Å². The summed E-state index contributed by atoms with van der Waals surface area (Å²) in [7, 11) is 0. The average molecular weight is 262 g/mol. The van der Waals surface area contributed by atoms with E-state index in [0.29, 0.717) is 13.2 Å². The predicted octanol–water partition coefficient (Wildman–Crippen LogP) is 1.62. The Labute approximate surface area is 114 Å². The third-order valence-corrected chi connectivity index (χ3v) is 3.44. The first-order valence-corrected chi connectivity index (χ1v) is 6.91. The van der Waals surface area contributed by atoms with Crippen molar-refractivity contribution in [1.82, 2.24) is 10.6 Å². The average Bonchev–Trinajstić information content (AvgIpc) is 2.93. The molecule has 104 valence electrons. The minimum Gasteiger partial charge on any atom is -0.494 e. The van der Waals surface area contributed by atoms with Crippen molar-refractivity contribution < 1.29 is 9.53 Å². The topological polar surface area (TPSA) is 50.4 Å². The number of benzene rings is 1. The summed E-state index contributed by atoms with van der Waals surface area (Å²) in [6.45, 7) is 7.00. The van der Waals surface area contributed by atoms with Gasteiger partial charge in [0.2, 0.25) is 5.91 Å². The van der Waals surface area contributed by atoms with Crippen LogP contribution in [0.4, 0.5) is 0 Å². The Bertz CT molecular complexity index is 440. The molecule has 0 aliphatic carbocycles. The van der Waals surface area contributed by atoms with Gasteiger partial charge in [-0.15, -0.1) is 0 Å². The molecule has 1 aromatic rings. The lowest BCUT2D eigenvalue weighted by Gasteiger charge is -2.12. The van der Waals surface area contributed by atoms with Gasteiger partial charge in [-0.25, -0.2) is 0 Å². The summed E-state index contributed by atoms with van der Waals surface area (Å²) >= 11 is 0. The maximum absolute atomic E-state index is 11.9. The lowest BCUT2D eigenvalue weighted by molar-refractivity contribution is -0.124. The van der Waals surface area contributed by atoms with E-state index in [1.54, 1.807) is 0 Å². The van der Waals surface area contributed by atoms with Crippen LogP contribution in [-0.4, -0.2) is 25.6 Å². The quantitative estimate of drug-likeness (QED) is 0.848. The lowest BCUT2D eigenvalue weighted by Crippen LogP contribution is -2.31. The van der Waals surface area contributed by atoms with Gasteiger partial charge in [0.25, 0.3) is 0 Å². The highest BCUT2D eigenvalue weighted by atomic mass is 16.5. The van der Waals surface area contributed by atoms with Crippen LogP contribution >= 0.6 is 0 Å². The summed E-state index contributed by atoms with van der Waals surface area (Å²) < 4.78 is 5.50. The van der Waals surface area contributed by atoms with Crippen LogP contribution in [0.5, 0.6) is 5.75 Å². The molecule has 1 aliphatic heterocycles. The minimum absolute atomic E-state index is 0.129. The summed E-state index contributed by atoms with van der Waals surface area (Å²) in [6, 6.07) is 6.04. The fraction of sp³-hybridized carbons (Fsp3) is 0.533. The Morgan fingerprint density at radius 1 is 1.53 bits per heavy atom. The van der Waals surface area contributed by atoms with E-state index in [-0.39, 0.29) is 11.8 Å². The summed E-state index contributed by atoms with van der Waals surface area (Å²) in [4.78, 5) is 11.9. The molecule has 1 amide bonds. The number of nitrogens with one attached hydrogen (secondary N) is 2. The smallest absolute Gasteiger partial charge is 0.224 e. The molecule has 0 saturated carbocycles. The highest BCUT2D eigenvalue weighted by Gasteiger charge is 2.21. The second-order valence-corrected chi connectivity index (χ2v) is 4.94. The molecular weight excluding hydrogens is 240 g/mol. The van der Waals surface area contributed by atoms with E-state index < -0.39 is 0 Å². The van der Waals surface area contributed by atoms with Crippen molar-refractivity contribution in [1.29, 1.82) is 0 Å². The van der Waals surface area contributed by atoms with E-state index in [0.717, 1.165) is 36.4 Å². The van der Waals surface area contributed by atoms with Crippen molar-refractivity contribution in [3.05, 3.63) is 29.3 Å². The molecule has 0 spiro atoms. The predicted molar refractivity (Wildman–Crippen MR) is 75.2 cm³/mol. The number of amides is 1. The van der Waals surface area contributed by atoms with Crippen molar-refractivity contribution in [2.75, 3.05) is 19.7 Å².